The van der Waals surface area contributed by atoms with Crippen molar-refractivity contribution in [2.75, 3.05) is 0 Å². The number of aromatic nitrogens is 2. The third kappa shape index (κ3) is 3.25. The second-order valence-corrected chi connectivity index (χ2v) is 4.61. The highest BCUT2D eigenvalue weighted by atomic mass is 35.5. The molecular formula is C13H9ClF2N2O3. The Kier molecular flexibility index (Phi) is 4.04. The highest BCUT2D eigenvalue weighted by molar-refractivity contribution is 6.30. The molecule has 0 saturated heterocycles. The number of hydrogen-bond donors (Lipinski definition) is 1. The number of alkyl halides is 2. The summed E-state index contributed by atoms with van der Waals surface area (Å²) in [6, 6.07) is 4.93. The van der Waals surface area contributed by atoms with E-state index in [4.69, 9.17) is 16.7 Å². The Morgan fingerprint density at radius 3 is 2.57 bits per heavy atom. The summed E-state index contributed by atoms with van der Waals surface area (Å²) in [7, 11) is 0. The van der Waals surface area contributed by atoms with Crippen LogP contribution in [0.25, 0.3) is 0 Å². The average Bonchev–Trinajstić information content (AvgIpc) is 2.88. The van der Waals surface area contributed by atoms with Crippen molar-refractivity contribution in [1.29, 1.82) is 0 Å². The highest BCUT2D eigenvalue weighted by Crippen LogP contribution is 2.34. The Labute approximate surface area is 122 Å². The Morgan fingerprint density at radius 2 is 2.00 bits per heavy atom. The standard InChI is InChI=1S/C13H9ClF2N2O3/c1-7(11(19)20)6-10-17-12(18-21-10)13(15,16)8-2-4-9(14)5-3-8/h2-5H,1,6H2,(H,19,20). The summed E-state index contributed by atoms with van der Waals surface area (Å²) in [5.74, 6) is -5.83. The van der Waals surface area contributed by atoms with Gasteiger partial charge in [0.05, 0.1) is 6.42 Å². The van der Waals surface area contributed by atoms with Crippen LogP contribution >= 0.6 is 11.6 Å². The summed E-state index contributed by atoms with van der Waals surface area (Å²) in [6.45, 7) is 3.26. The third-order valence-electron chi connectivity index (χ3n) is 2.62. The van der Waals surface area contributed by atoms with Gasteiger partial charge in [-0.25, -0.2) is 4.79 Å². The molecule has 1 aromatic heterocycles. The lowest BCUT2D eigenvalue weighted by molar-refractivity contribution is -0.132. The average molecular weight is 315 g/mol. The molecule has 0 spiro atoms. The number of rotatable bonds is 5. The molecular weight excluding hydrogens is 306 g/mol. The van der Waals surface area contributed by atoms with Gasteiger partial charge in [0.25, 0.3) is 0 Å². The molecule has 0 aliphatic carbocycles. The first-order chi connectivity index (χ1) is 9.80. The van der Waals surface area contributed by atoms with Crippen LogP contribution in [-0.4, -0.2) is 21.2 Å². The first-order valence-corrected chi connectivity index (χ1v) is 6.06. The highest BCUT2D eigenvalue weighted by Gasteiger charge is 2.39. The van der Waals surface area contributed by atoms with Crippen LogP contribution in [0.3, 0.4) is 0 Å². The maximum absolute atomic E-state index is 14.2. The van der Waals surface area contributed by atoms with E-state index in [1.807, 2.05) is 0 Å². The van der Waals surface area contributed by atoms with Crippen molar-refractivity contribution in [3.05, 3.63) is 58.7 Å². The van der Waals surface area contributed by atoms with Gasteiger partial charge in [-0.15, -0.1) is 0 Å². The van der Waals surface area contributed by atoms with Gasteiger partial charge in [0.15, 0.2) is 0 Å². The lowest BCUT2D eigenvalue weighted by atomic mass is 10.1. The molecule has 0 fully saturated rings. The van der Waals surface area contributed by atoms with Crippen LogP contribution in [0.1, 0.15) is 17.3 Å². The van der Waals surface area contributed by atoms with Gasteiger partial charge in [-0.1, -0.05) is 35.5 Å². The topological polar surface area (TPSA) is 76.2 Å². The smallest absolute Gasteiger partial charge is 0.335 e. The van der Waals surface area contributed by atoms with Gasteiger partial charge in [0.1, 0.15) is 0 Å². The molecule has 0 bridgehead atoms. The molecule has 5 nitrogen and oxygen atoms in total. The lowest BCUT2D eigenvalue weighted by Gasteiger charge is -2.11. The first-order valence-electron chi connectivity index (χ1n) is 5.68. The van der Waals surface area contributed by atoms with Gasteiger partial charge in [0.2, 0.25) is 11.7 Å². The maximum Gasteiger partial charge on any atom is 0.335 e. The molecule has 1 N–H and O–H groups in total. The maximum atomic E-state index is 14.2. The number of carboxylic acids is 1. The predicted molar refractivity (Wildman–Crippen MR) is 69.2 cm³/mol. The number of hydrogen-bond acceptors (Lipinski definition) is 4. The van der Waals surface area contributed by atoms with Gasteiger partial charge < -0.3 is 9.63 Å². The number of carbonyl (C=O) groups is 1. The van der Waals surface area contributed by atoms with E-state index < -0.39 is 17.7 Å². The van der Waals surface area contributed by atoms with Crippen molar-refractivity contribution in [1.82, 2.24) is 10.1 Å². The molecule has 0 aliphatic heterocycles. The monoisotopic (exact) mass is 314 g/mol. The minimum atomic E-state index is -3.48. The van der Waals surface area contributed by atoms with Crippen molar-refractivity contribution >= 4 is 17.6 Å². The summed E-state index contributed by atoms with van der Waals surface area (Å²) < 4.78 is 33.0. The van der Waals surface area contributed by atoms with E-state index in [-0.39, 0.29) is 23.4 Å². The number of halogens is 3. The molecule has 1 heterocycles. The van der Waals surface area contributed by atoms with E-state index >= 15 is 0 Å². The van der Waals surface area contributed by atoms with Crippen LogP contribution in [0, 0.1) is 0 Å². The Morgan fingerprint density at radius 1 is 1.38 bits per heavy atom. The van der Waals surface area contributed by atoms with Crippen LogP contribution in [-0.2, 0) is 17.1 Å². The molecule has 0 radical (unpaired) electrons. The fourth-order valence-corrected chi connectivity index (χ4v) is 1.63. The van der Waals surface area contributed by atoms with Crippen LogP contribution in [0.2, 0.25) is 5.02 Å². The molecule has 2 aromatic rings. The summed E-state index contributed by atoms with van der Waals surface area (Å²) in [4.78, 5) is 14.1. The third-order valence-corrected chi connectivity index (χ3v) is 2.87. The Hall–Kier alpha value is -2.28. The lowest BCUT2D eigenvalue weighted by Crippen LogP contribution is -2.17. The van der Waals surface area contributed by atoms with Gasteiger partial charge in [0, 0.05) is 16.2 Å². The zero-order valence-corrected chi connectivity index (χ0v) is 11.3. The summed E-state index contributed by atoms with van der Waals surface area (Å²) in [5.41, 5.74) is -0.587. The zero-order chi connectivity index (χ0) is 15.6. The fraction of sp³-hybridized carbons (Fsp3) is 0.154. The normalized spacial score (nSPS) is 11.4. The van der Waals surface area contributed by atoms with Crippen molar-refractivity contribution in [3.63, 3.8) is 0 Å². The molecule has 21 heavy (non-hydrogen) atoms. The summed E-state index contributed by atoms with van der Waals surface area (Å²) in [6.07, 6.45) is -0.307. The molecule has 0 unspecified atom stereocenters. The quantitative estimate of drug-likeness (QED) is 0.858. The minimum absolute atomic E-state index is 0.236. The van der Waals surface area contributed by atoms with Gasteiger partial charge in [-0.3, -0.25) is 0 Å². The van der Waals surface area contributed by atoms with Gasteiger partial charge >= 0.3 is 11.9 Å². The van der Waals surface area contributed by atoms with E-state index in [9.17, 15) is 13.6 Å². The zero-order valence-electron chi connectivity index (χ0n) is 10.5. The van der Waals surface area contributed by atoms with Gasteiger partial charge in [-0.2, -0.15) is 13.8 Å². The summed E-state index contributed by atoms with van der Waals surface area (Å²) >= 11 is 5.64. The van der Waals surface area contributed by atoms with E-state index in [1.165, 1.54) is 12.1 Å². The van der Waals surface area contributed by atoms with Gasteiger partial charge in [-0.05, 0) is 12.1 Å². The largest absolute Gasteiger partial charge is 0.478 e. The summed E-state index contributed by atoms with van der Waals surface area (Å²) in [5, 5.41) is 12.2. The Bertz CT molecular complexity index is 683. The van der Waals surface area contributed by atoms with Crippen LogP contribution in [0.4, 0.5) is 8.78 Å². The second kappa shape index (κ2) is 5.61. The minimum Gasteiger partial charge on any atom is -0.478 e. The van der Waals surface area contributed by atoms with E-state index in [0.29, 0.717) is 5.02 Å². The molecule has 0 saturated carbocycles. The molecule has 2 rings (SSSR count). The molecule has 1 aromatic carbocycles. The molecule has 0 atom stereocenters. The SMILES string of the molecule is C=C(Cc1nc(C(F)(F)c2ccc(Cl)cc2)no1)C(=O)O. The van der Waals surface area contributed by atoms with Crippen molar-refractivity contribution in [2.45, 2.75) is 12.3 Å². The molecule has 0 aliphatic rings. The molecule has 0 amide bonds. The number of benzene rings is 1. The predicted octanol–water partition coefficient (Wildman–Crippen LogP) is 3.05. The number of nitrogens with zero attached hydrogens (tertiary/aromatic N) is 2. The van der Waals surface area contributed by atoms with Crippen molar-refractivity contribution in [2.24, 2.45) is 0 Å². The molecule has 110 valence electrons. The fourth-order valence-electron chi connectivity index (χ4n) is 1.50. The van der Waals surface area contributed by atoms with E-state index in [1.54, 1.807) is 0 Å². The number of carboxylic acid groups (broad SMARTS) is 1. The molecule has 8 heteroatoms. The van der Waals surface area contributed by atoms with E-state index in [2.05, 4.69) is 21.2 Å². The van der Waals surface area contributed by atoms with Crippen LogP contribution in [0.15, 0.2) is 40.9 Å². The van der Waals surface area contributed by atoms with Crippen LogP contribution in [0.5, 0.6) is 0 Å². The first kappa shape index (κ1) is 15.1. The Balaban J connectivity index is 2.25. The second-order valence-electron chi connectivity index (χ2n) is 4.18. The van der Waals surface area contributed by atoms with Crippen molar-refractivity contribution < 1.29 is 23.2 Å². The van der Waals surface area contributed by atoms with Crippen molar-refractivity contribution in [3.8, 4) is 0 Å². The number of aliphatic carboxylic acids is 1. The van der Waals surface area contributed by atoms with Crippen LogP contribution < -0.4 is 0 Å². The van der Waals surface area contributed by atoms with E-state index in [0.717, 1.165) is 12.1 Å².